The van der Waals surface area contributed by atoms with Gasteiger partial charge in [0, 0.05) is 5.56 Å². The molecule has 0 saturated heterocycles. The fourth-order valence-corrected chi connectivity index (χ4v) is 1.79. The quantitative estimate of drug-likeness (QED) is 0.898. The van der Waals surface area contributed by atoms with Gasteiger partial charge in [-0.3, -0.25) is 4.79 Å². The molecule has 0 radical (unpaired) electrons. The van der Waals surface area contributed by atoms with Crippen molar-refractivity contribution in [2.45, 2.75) is 20.4 Å². The summed E-state index contributed by atoms with van der Waals surface area (Å²) in [4.78, 5) is 12.0. The lowest BCUT2D eigenvalue weighted by Crippen LogP contribution is -2.22. The SMILES string of the molecule is CCOc1ccc(C(=O)NCc2ccco2)cc1C. The second-order valence-electron chi connectivity index (χ2n) is 4.18. The highest BCUT2D eigenvalue weighted by atomic mass is 16.5. The third-order valence-corrected chi connectivity index (χ3v) is 2.74. The summed E-state index contributed by atoms with van der Waals surface area (Å²) in [6.45, 7) is 4.86. The molecule has 2 rings (SSSR count). The summed E-state index contributed by atoms with van der Waals surface area (Å²) in [5.41, 5.74) is 1.57. The van der Waals surface area contributed by atoms with E-state index in [1.54, 1.807) is 18.4 Å². The molecule has 0 bridgehead atoms. The Kier molecular flexibility index (Phi) is 4.23. The van der Waals surface area contributed by atoms with E-state index in [0.717, 1.165) is 17.1 Å². The first kappa shape index (κ1) is 13.2. The van der Waals surface area contributed by atoms with Gasteiger partial charge in [0.1, 0.15) is 11.5 Å². The van der Waals surface area contributed by atoms with E-state index in [1.165, 1.54) is 0 Å². The average molecular weight is 259 g/mol. The average Bonchev–Trinajstić information content (AvgIpc) is 2.91. The molecular formula is C15H17NO3. The molecule has 0 aliphatic carbocycles. The van der Waals surface area contributed by atoms with E-state index in [0.29, 0.717) is 18.7 Å². The van der Waals surface area contributed by atoms with Gasteiger partial charge in [0.25, 0.3) is 5.91 Å². The summed E-state index contributed by atoms with van der Waals surface area (Å²) in [5, 5.41) is 2.81. The maximum Gasteiger partial charge on any atom is 0.251 e. The standard InChI is InChI=1S/C15H17NO3/c1-3-18-14-7-6-12(9-11(14)2)15(17)16-10-13-5-4-8-19-13/h4-9H,3,10H2,1-2H3,(H,16,17). The third kappa shape index (κ3) is 3.37. The van der Waals surface area contributed by atoms with Gasteiger partial charge < -0.3 is 14.5 Å². The van der Waals surface area contributed by atoms with Gasteiger partial charge in [-0.2, -0.15) is 0 Å². The number of hydrogen-bond donors (Lipinski definition) is 1. The van der Waals surface area contributed by atoms with Crippen LogP contribution < -0.4 is 10.1 Å². The Balaban J connectivity index is 2.01. The van der Waals surface area contributed by atoms with Gasteiger partial charge in [-0.1, -0.05) is 0 Å². The van der Waals surface area contributed by atoms with Gasteiger partial charge in [0.2, 0.25) is 0 Å². The first-order valence-corrected chi connectivity index (χ1v) is 6.24. The Morgan fingerprint density at radius 2 is 2.21 bits per heavy atom. The van der Waals surface area contributed by atoms with E-state index in [4.69, 9.17) is 9.15 Å². The molecule has 1 heterocycles. The first-order chi connectivity index (χ1) is 9.20. The zero-order chi connectivity index (χ0) is 13.7. The lowest BCUT2D eigenvalue weighted by atomic mass is 10.1. The maximum atomic E-state index is 12.0. The number of carbonyl (C=O) groups excluding carboxylic acids is 1. The van der Waals surface area contributed by atoms with Crippen LogP contribution in [0, 0.1) is 6.92 Å². The van der Waals surface area contributed by atoms with E-state index in [-0.39, 0.29) is 5.91 Å². The van der Waals surface area contributed by atoms with Crippen molar-refractivity contribution in [1.82, 2.24) is 5.32 Å². The smallest absolute Gasteiger partial charge is 0.251 e. The highest BCUT2D eigenvalue weighted by Crippen LogP contribution is 2.19. The number of rotatable bonds is 5. The number of aryl methyl sites for hydroxylation is 1. The Bertz CT molecular complexity index is 547. The molecule has 19 heavy (non-hydrogen) atoms. The number of carbonyl (C=O) groups is 1. The number of nitrogens with one attached hydrogen (secondary N) is 1. The van der Waals surface area contributed by atoms with Crippen LogP contribution in [0.5, 0.6) is 5.75 Å². The Hall–Kier alpha value is -2.23. The Morgan fingerprint density at radius 1 is 1.37 bits per heavy atom. The highest BCUT2D eigenvalue weighted by Gasteiger charge is 2.08. The molecule has 1 aromatic heterocycles. The summed E-state index contributed by atoms with van der Waals surface area (Å²) in [6.07, 6.45) is 1.59. The molecule has 0 saturated carbocycles. The predicted molar refractivity (Wildman–Crippen MR) is 72.2 cm³/mol. The molecule has 2 aromatic rings. The minimum Gasteiger partial charge on any atom is -0.494 e. The number of amides is 1. The molecule has 0 spiro atoms. The summed E-state index contributed by atoms with van der Waals surface area (Å²) in [7, 11) is 0. The number of hydrogen-bond acceptors (Lipinski definition) is 3. The van der Waals surface area contributed by atoms with Gasteiger partial charge in [0.05, 0.1) is 19.4 Å². The normalized spacial score (nSPS) is 10.2. The van der Waals surface area contributed by atoms with E-state index in [2.05, 4.69) is 5.32 Å². The predicted octanol–water partition coefficient (Wildman–Crippen LogP) is 2.92. The summed E-state index contributed by atoms with van der Waals surface area (Å²) >= 11 is 0. The minimum atomic E-state index is -0.123. The number of furan rings is 1. The van der Waals surface area contributed by atoms with E-state index < -0.39 is 0 Å². The molecule has 4 nitrogen and oxygen atoms in total. The number of benzene rings is 1. The van der Waals surface area contributed by atoms with Gasteiger partial charge >= 0.3 is 0 Å². The molecule has 0 unspecified atom stereocenters. The summed E-state index contributed by atoms with van der Waals surface area (Å²) in [6, 6.07) is 9.02. The molecule has 0 fully saturated rings. The number of ether oxygens (including phenoxy) is 1. The van der Waals surface area contributed by atoms with Gasteiger partial charge in [0.15, 0.2) is 0 Å². The molecule has 1 aromatic carbocycles. The van der Waals surface area contributed by atoms with Crippen molar-refractivity contribution in [2.75, 3.05) is 6.61 Å². The van der Waals surface area contributed by atoms with Crippen LogP contribution in [0.15, 0.2) is 41.0 Å². The van der Waals surface area contributed by atoms with Crippen LogP contribution in [0.4, 0.5) is 0 Å². The highest BCUT2D eigenvalue weighted by molar-refractivity contribution is 5.94. The van der Waals surface area contributed by atoms with Crippen LogP contribution in [0.2, 0.25) is 0 Å². The van der Waals surface area contributed by atoms with Crippen molar-refractivity contribution >= 4 is 5.91 Å². The van der Waals surface area contributed by atoms with E-state index in [1.807, 2.05) is 32.0 Å². The lowest BCUT2D eigenvalue weighted by molar-refractivity contribution is 0.0948. The Morgan fingerprint density at radius 3 is 2.84 bits per heavy atom. The lowest BCUT2D eigenvalue weighted by Gasteiger charge is -2.09. The molecule has 0 atom stereocenters. The maximum absolute atomic E-state index is 12.0. The van der Waals surface area contributed by atoms with Crippen molar-refractivity contribution in [3.8, 4) is 5.75 Å². The van der Waals surface area contributed by atoms with Gasteiger partial charge in [-0.05, 0) is 49.7 Å². The van der Waals surface area contributed by atoms with E-state index in [9.17, 15) is 4.79 Å². The van der Waals surface area contributed by atoms with Crippen LogP contribution in [0.25, 0.3) is 0 Å². The molecule has 4 heteroatoms. The fraction of sp³-hybridized carbons (Fsp3) is 0.267. The molecular weight excluding hydrogens is 242 g/mol. The van der Waals surface area contributed by atoms with Crippen LogP contribution in [0.1, 0.15) is 28.6 Å². The second-order valence-corrected chi connectivity index (χ2v) is 4.18. The summed E-state index contributed by atoms with van der Waals surface area (Å²) < 4.78 is 10.6. The summed E-state index contributed by atoms with van der Waals surface area (Å²) in [5.74, 6) is 1.42. The van der Waals surface area contributed by atoms with Crippen LogP contribution in [-0.2, 0) is 6.54 Å². The zero-order valence-corrected chi connectivity index (χ0v) is 11.1. The van der Waals surface area contributed by atoms with Crippen LogP contribution in [-0.4, -0.2) is 12.5 Å². The van der Waals surface area contributed by atoms with Crippen molar-refractivity contribution in [3.63, 3.8) is 0 Å². The largest absolute Gasteiger partial charge is 0.494 e. The fourth-order valence-electron chi connectivity index (χ4n) is 1.79. The van der Waals surface area contributed by atoms with Crippen LogP contribution in [0.3, 0.4) is 0 Å². The zero-order valence-electron chi connectivity index (χ0n) is 11.1. The first-order valence-electron chi connectivity index (χ1n) is 6.24. The van der Waals surface area contributed by atoms with Crippen molar-refractivity contribution in [3.05, 3.63) is 53.5 Å². The molecule has 0 aliphatic heterocycles. The van der Waals surface area contributed by atoms with Gasteiger partial charge in [-0.25, -0.2) is 0 Å². The van der Waals surface area contributed by atoms with Crippen molar-refractivity contribution < 1.29 is 13.9 Å². The van der Waals surface area contributed by atoms with Gasteiger partial charge in [-0.15, -0.1) is 0 Å². The topological polar surface area (TPSA) is 51.5 Å². The van der Waals surface area contributed by atoms with Crippen LogP contribution >= 0.6 is 0 Å². The third-order valence-electron chi connectivity index (χ3n) is 2.74. The molecule has 100 valence electrons. The van der Waals surface area contributed by atoms with E-state index >= 15 is 0 Å². The second kappa shape index (κ2) is 6.09. The molecule has 1 N–H and O–H groups in total. The van der Waals surface area contributed by atoms with Crippen molar-refractivity contribution in [2.24, 2.45) is 0 Å². The molecule has 0 aliphatic rings. The molecule has 1 amide bonds. The monoisotopic (exact) mass is 259 g/mol. The minimum absolute atomic E-state index is 0.123. The van der Waals surface area contributed by atoms with Crippen molar-refractivity contribution in [1.29, 1.82) is 0 Å². The Labute approximate surface area is 112 Å².